The van der Waals surface area contributed by atoms with Crippen LogP contribution in [0.4, 0.5) is 8.78 Å². The molecule has 0 spiro atoms. The van der Waals surface area contributed by atoms with E-state index in [2.05, 4.69) is 0 Å². The molecule has 98 valence electrons. The highest BCUT2D eigenvalue weighted by molar-refractivity contribution is 6.31. The second-order valence-electron chi connectivity index (χ2n) is 3.62. The van der Waals surface area contributed by atoms with Crippen molar-refractivity contribution in [3.8, 4) is 11.5 Å². The van der Waals surface area contributed by atoms with E-state index in [4.69, 9.17) is 21.4 Å². The first-order valence-electron chi connectivity index (χ1n) is 5.13. The van der Waals surface area contributed by atoms with Crippen molar-refractivity contribution in [2.24, 2.45) is 0 Å². The molecule has 0 aliphatic heterocycles. The number of carboxylic acid groups (broad SMARTS) is 1. The molecule has 1 N–H and O–H groups in total. The van der Waals surface area contributed by atoms with Gasteiger partial charge in [-0.05, 0) is 30.3 Å². The van der Waals surface area contributed by atoms with E-state index < -0.39 is 17.6 Å². The van der Waals surface area contributed by atoms with Gasteiger partial charge in [-0.1, -0.05) is 11.6 Å². The molecule has 0 unspecified atom stereocenters. The minimum absolute atomic E-state index is 0.0811. The quantitative estimate of drug-likeness (QED) is 0.922. The summed E-state index contributed by atoms with van der Waals surface area (Å²) in [5.74, 6) is -3.29. The van der Waals surface area contributed by atoms with Crippen molar-refractivity contribution in [2.75, 3.05) is 0 Å². The number of rotatable bonds is 3. The third-order valence-electron chi connectivity index (χ3n) is 2.29. The Labute approximate surface area is 112 Å². The van der Waals surface area contributed by atoms with Crippen LogP contribution in [0, 0.1) is 11.6 Å². The number of aromatic carboxylic acids is 1. The maximum Gasteiger partial charge on any atom is 0.339 e. The molecule has 0 aromatic heterocycles. The van der Waals surface area contributed by atoms with Crippen molar-refractivity contribution >= 4 is 17.6 Å². The van der Waals surface area contributed by atoms with Gasteiger partial charge in [-0.15, -0.1) is 0 Å². The van der Waals surface area contributed by atoms with Crippen molar-refractivity contribution in [2.45, 2.75) is 0 Å². The fourth-order valence-corrected chi connectivity index (χ4v) is 1.61. The molecule has 0 bridgehead atoms. The lowest BCUT2D eigenvalue weighted by molar-refractivity contribution is 0.0694. The Balaban J connectivity index is 2.40. The van der Waals surface area contributed by atoms with Gasteiger partial charge in [0.25, 0.3) is 0 Å². The molecule has 3 nitrogen and oxygen atoms in total. The Morgan fingerprint density at radius 1 is 1.11 bits per heavy atom. The van der Waals surface area contributed by atoms with Crippen LogP contribution >= 0.6 is 11.6 Å². The Kier molecular flexibility index (Phi) is 3.66. The molecule has 0 heterocycles. The molecule has 0 saturated heterocycles. The lowest BCUT2D eigenvalue weighted by Crippen LogP contribution is -2.00. The van der Waals surface area contributed by atoms with Crippen molar-refractivity contribution < 1.29 is 23.4 Å². The Morgan fingerprint density at radius 3 is 2.42 bits per heavy atom. The van der Waals surface area contributed by atoms with Gasteiger partial charge in [0.15, 0.2) is 11.6 Å². The highest BCUT2D eigenvalue weighted by atomic mass is 35.5. The maximum absolute atomic E-state index is 13.4. The summed E-state index contributed by atoms with van der Waals surface area (Å²) >= 11 is 5.67. The lowest BCUT2D eigenvalue weighted by Gasteiger charge is -2.09. The molecule has 0 saturated carbocycles. The van der Waals surface area contributed by atoms with Gasteiger partial charge in [-0.2, -0.15) is 0 Å². The molecule has 2 aromatic rings. The number of ether oxygens (including phenoxy) is 1. The average molecular weight is 285 g/mol. The number of carboxylic acids is 1. The zero-order valence-electron chi connectivity index (χ0n) is 9.36. The molecule has 19 heavy (non-hydrogen) atoms. The van der Waals surface area contributed by atoms with E-state index in [1.165, 1.54) is 18.2 Å². The molecule has 6 heteroatoms. The minimum Gasteiger partial charge on any atom is -0.478 e. The van der Waals surface area contributed by atoms with E-state index in [9.17, 15) is 13.6 Å². The van der Waals surface area contributed by atoms with Gasteiger partial charge in [-0.3, -0.25) is 0 Å². The fraction of sp³-hybridized carbons (Fsp3) is 0. The number of halogens is 3. The van der Waals surface area contributed by atoms with Crippen molar-refractivity contribution in [3.63, 3.8) is 0 Å². The van der Waals surface area contributed by atoms with Gasteiger partial charge in [0.1, 0.15) is 17.1 Å². The van der Waals surface area contributed by atoms with Crippen LogP contribution in [0.25, 0.3) is 0 Å². The predicted octanol–water partition coefficient (Wildman–Crippen LogP) is 4.11. The smallest absolute Gasteiger partial charge is 0.339 e. The van der Waals surface area contributed by atoms with Gasteiger partial charge in [0, 0.05) is 11.1 Å². The van der Waals surface area contributed by atoms with E-state index in [1.54, 1.807) is 0 Å². The highest BCUT2D eigenvalue weighted by Gasteiger charge is 2.14. The van der Waals surface area contributed by atoms with Crippen LogP contribution in [-0.4, -0.2) is 11.1 Å². The van der Waals surface area contributed by atoms with Gasteiger partial charge in [0.2, 0.25) is 0 Å². The van der Waals surface area contributed by atoms with Crippen molar-refractivity contribution in [1.29, 1.82) is 0 Å². The summed E-state index contributed by atoms with van der Waals surface area (Å²) in [5.41, 5.74) is -0.212. The monoisotopic (exact) mass is 284 g/mol. The van der Waals surface area contributed by atoms with Crippen LogP contribution < -0.4 is 4.74 Å². The Morgan fingerprint density at radius 2 is 1.79 bits per heavy atom. The molecule has 0 atom stereocenters. The Bertz CT molecular complexity index is 644. The van der Waals surface area contributed by atoms with Crippen LogP contribution in [0.2, 0.25) is 5.02 Å². The second kappa shape index (κ2) is 5.24. The highest BCUT2D eigenvalue weighted by Crippen LogP contribution is 2.29. The molecular formula is C13H7ClF2O3. The summed E-state index contributed by atoms with van der Waals surface area (Å²) < 4.78 is 31.3. The largest absolute Gasteiger partial charge is 0.478 e. The maximum atomic E-state index is 13.4. The van der Waals surface area contributed by atoms with Gasteiger partial charge in [-0.25, -0.2) is 13.6 Å². The van der Waals surface area contributed by atoms with Crippen molar-refractivity contribution in [3.05, 3.63) is 58.6 Å². The van der Waals surface area contributed by atoms with Gasteiger partial charge in [0.05, 0.1) is 0 Å². The molecule has 0 aliphatic rings. The molecule has 0 aliphatic carbocycles. The predicted molar refractivity (Wildman–Crippen MR) is 64.8 cm³/mol. The first-order valence-corrected chi connectivity index (χ1v) is 5.51. The number of hydrogen-bond acceptors (Lipinski definition) is 2. The normalized spacial score (nSPS) is 10.3. The third-order valence-corrected chi connectivity index (χ3v) is 2.52. The van der Waals surface area contributed by atoms with E-state index >= 15 is 0 Å². The summed E-state index contributed by atoms with van der Waals surface area (Å²) in [7, 11) is 0. The Hall–Kier alpha value is -2.14. The number of carbonyl (C=O) groups is 1. The van der Waals surface area contributed by atoms with E-state index in [0.717, 1.165) is 12.1 Å². The number of benzene rings is 2. The number of hydrogen-bond donors (Lipinski definition) is 1. The van der Waals surface area contributed by atoms with Gasteiger partial charge >= 0.3 is 5.97 Å². The SMILES string of the molecule is O=C(O)c1cc(Cl)ccc1Oc1ccc(F)cc1F. The molecule has 0 radical (unpaired) electrons. The van der Waals surface area contributed by atoms with Crippen LogP contribution in [0.5, 0.6) is 11.5 Å². The van der Waals surface area contributed by atoms with E-state index in [1.807, 2.05) is 0 Å². The summed E-state index contributed by atoms with van der Waals surface area (Å²) in [5, 5.41) is 9.20. The van der Waals surface area contributed by atoms with Crippen LogP contribution in [0.3, 0.4) is 0 Å². The molecule has 2 rings (SSSR count). The van der Waals surface area contributed by atoms with E-state index in [-0.39, 0.29) is 22.1 Å². The first kappa shape index (κ1) is 13.3. The summed E-state index contributed by atoms with van der Waals surface area (Å²) in [4.78, 5) is 11.0. The molecule has 0 fully saturated rings. The second-order valence-corrected chi connectivity index (χ2v) is 4.06. The fourth-order valence-electron chi connectivity index (χ4n) is 1.43. The minimum atomic E-state index is -1.26. The van der Waals surface area contributed by atoms with E-state index in [0.29, 0.717) is 6.07 Å². The first-order chi connectivity index (χ1) is 8.97. The standard InChI is InChI=1S/C13H7ClF2O3/c14-7-1-3-11(9(5-7)13(17)18)19-12-4-2-8(15)6-10(12)16/h1-6H,(H,17,18). The van der Waals surface area contributed by atoms with Crippen LogP contribution in [0.15, 0.2) is 36.4 Å². The topological polar surface area (TPSA) is 46.5 Å². The average Bonchev–Trinajstić information content (AvgIpc) is 2.34. The lowest BCUT2D eigenvalue weighted by atomic mass is 10.2. The molecule has 0 amide bonds. The molecular weight excluding hydrogens is 278 g/mol. The third kappa shape index (κ3) is 3.00. The van der Waals surface area contributed by atoms with Crippen LogP contribution in [-0.2, 0) is 0 Å². The van der Waals surface area contributed by atoms with Crippen LogP contribution in [0.1, 0.15) is 10.4 Å². The summed E-state index contributed by atoms with van der Waals surface area (Å²) in [6.45, 7) is 0. The van der Waals surface area contributed by atoms with Gasteiger partial charge < -0.3 is 9.84 Å². The summed E-state index contributed by atoms with van der Waals surface area (Å²) in [6.07, 6.45) is 0. The zero-order chi connectivity index (χ0) is 14.0. The zero-order valence-corrected chi connectivity index (χ0v) is 10.1. The molecule has 2 aromatic carbocycles. The summed E-state index contributed by atoms with van der Waals surface area (Å²) in [6, 6.07) is 6.62. The van der Waals surface area contributed by atoms with Crippen molar-refractivity contribution in [1.82, 2.24) is 0 Å².